The smallest absolute Gasteiger partial charge is 0.0462 e. The van der Waals surface area contributed by atoms with Crippen LogP contribution in [0.2, 0.25) is 0 Å². The molecule has 7 aromatic carbocycles. The second kappa shape index (κ2) is 22.4. The van der Waals surface area contributed by atoms with Crippen LogP contribution in [0.1, 0.15) is 51.3 Å². The van der Waals surface area contributed by atoms with E-state index in [0.717, 1.165) is 34.1 Å². The van der Waals surface area contributed by atoms with E-state index in [0.29, 0.717) is 0 Å². The second-order valence-electron chi connectivity index (χ2n) is 11.4. The van der Waals surface area contributed by atoms with E-state index in [2.05, 4.69) is 204 Å². The second-order valence-corrected chi connectivity index (χ2v) is 11.4. The molecule has 2 nitrogen and oxygen atoms in total. The molecular formula is C51H52N2. The molecule has 0 heterocycles. The number of benzene rings is 7. The summed E-state index contributed by atoms with van der Waals surface area (Å²) in [7, 11) is 0. The topological polar surface area (TPSA) is 6.48 Å². The Bertz CT molecular complexity index is 1940. The van der Waals surface area contributed by atoms with Crippen molar-refractivity contribution in [3.8, 4) is 0 Å². The number of allylic oxidation sites excluding steroid dienone is 1. The summed E-state index contributed by atoms with van der Waals surface area (Å²) in [6.45, 7) is 10.0. The van der Waals surface area contributed by atoms with Crippen LogP contribution in [0.5, 0.6) is 0 Å². The minimum absolute atomic E-state index is 1.14. The fourth-order valence-electron chi connectivity index (χ4n) is 5.62. The summed E-state index contributed by atoms with van der Waals surface area (Å²) in [4.78, 5) is 4.53. The van der Waals surface area contributed by atoms with Gasteiger partial charge in [-0.3, -0.25) is 0 Å². The first-order chi connectivity index (χ1) is 26.3. The maximum Gasteiger partial charge on any atom is 0.0462 e. The van der Waals surface area contributed by atoms with Crippen molar-refractivity contribution in [2.45, 2.75) is 34.6 Å². The van der Waals surface area contributed by atoms with Crippen LogP contribution in [0, 0.1) is 0 Å². The van der Waals surface area contributed by atoms with Crippen molar-refractivity contribution >= 4 is 52.4 Å². The number of anilines is 6. The molecule has 0 saturated carbocycles. The first-order valence-electron chi connectivity index (χ1n) is 18.6. The van der Waals surface area contributed by atoms with E-state index < -0.39 is 0 Å². The minimum Gasteiger partial charge on any atom is -0.311 e. The van der Waals surface area contributed by atoms with E-state index in [4.69, 9.17) is 0 Å². The molecule has 2 heteroatoms. The molecule has 0 radical (unpaired) electrons. The SMILES string of the molecule is C(=Cc1ccc(N(c2ccccc2)c2ccccc2)cc1)c1ccccc1.CC.CC.CC=Cc1ccc(N(c2ccccc2)c2ccccc2)cc1. The quantitative estimate of drug-likeness (QED) is 0.139. The van der Waals surface area contributed by atoms with E-state index in [1.54, 1.807) is 0 Å². The summed E-state index contributed by atoms with van der Waals surface area (Å²) in [6, 6.07) is 69.5. The highest BCUT2D eigenvalue weighted by Crippen LogP contribution is 2.35. The number of nitrogens with zero attached hydrogens (tertiary/aromatic N) is 2. The summed E-state index contributed by atoms with van der Waals surface area (Å²) in [5.41, 5.74) is 10.5. The molecule has 0 aromatic heterocycles. The molecule has 266 valence electrons. The number of rotatable bonds is 9. The standard InChI is InChI=1S/C26H21N.C21H19N.2C2H6/c1-4-10-22(11-5-1)16-17-23-18-20-26(21-19-23)27(24-12-6-2-7-13-24)25-14-8-3-9-15-25;1-2-9-18-14-16-21(17-15-18)22(19-10-5-3-6-11-19)20-12-7-4-8-13-20;2*1-2/h1-21H;2-17H,1H3;2*1-2H3. The predicted molar refractivity (Wildman–Crippen MR) is 235 cm³/mol. The molecule has 0 unspecified atom stereocenters. The van der Waals surface area contributed by atoms with Crippen LogP contribution in [0.4, 0.5) is 34.1 Å². The Morgan fingerprint density at radius 2 is 0.491 bits per heavy atom. The Kier molecular flexibility index (Phi) is 16.7. The highest BCUT2D eigenvalue weighted by molar-refractivity contribution is 5.79. The van der Waals surface area contributed by atoms with Crippen LogP contribution >= 0.6 is 0 Å². The summed E-state index contributed by atoms with van der Waals surface area (Å²) >= 11 is 0. The molecule has 0 saturated heterocycles. The molecule has 7 aromatic rings. The van der Waals surface area contributed by atoms with Gasteiger partial charge in [-0.05, 0) is 96.4 Å². The zero-order valence-electron chi connectivity index (χ0n) is 31.8. The number of hydrogen-bond acceptors (Lipinski definition) is 2. The largest absolute Gasteiger partial charge is 0.311 e. The highest BCUT2D eigenvalue weighted by Gasteiger charge is 2.12. The van der Waals surface area contributed by atoms with E-state index in [1.165, 1.54) is 16.7 Å². The minimum atomic E-state index is 1.14. The zero-order chi connectivity index (χ0) is 37.5. The molecule has 0 N–H and O–H groups in total. The van der Waals surface area contributed by atoms with Crippen LogP contribution in [0.15, 0.2) is 206 Å². The summed E-state index contributed by atoms with van der Waals surface area (Å²) in [6.07, 6.45) is 8.45. The Hall–Kier alpha value is -6.38. The summed E-state index contributed by atoms with van der Waals surface area (Å²) in [5, 5.41) is 0. The lowest BCUT2D eigenvalue weighted by Gasteiger charge is -2.25. The lowest BCUT2D eigenvalue weighted by Crippen LogP contribution is -2.09. The van der Waals surface area contributed by atoms with Crippen LogP contribution in [-0.2, 0) is 0 Å². The van der Waals surface area contributed by atoms with Gasteiger partial charge in [0, 0.05) is 34.1 Å². The molecule has 7 rings (SSSR count). The maximum atomic E-state index is 2.27. The molecule has 0 aliphatic rings. The average Bonchev–Trinajstić information content (AvgIpc) is 3.25. The van der Waals surface area contributed by atoms with Crippen LogP contribution < -0.4 is 9.80 Å². The van der Waals surface area contributed by atoms with Gasteiger partial charge < -0.3 is 9.80 Å². The Morgan fingerprint density at radius 1 is 0.264 bits per heavy atom. The van der Waals surface area contributed by atoms with Gasteiger partial charge in [0.25, 0.3) is 0 Å². The molecule has 53 heavy (non-hydrogen) atoms. The van der Waals surface area contributed by atoms with Gasteiger partial charge in [-0.15, -0.1) is 0 Å². The van der Waals surface area contributed by atoms with Gasteiger partial charge in [0.1, 0.15) is 0 Å². The number of hydrogen-bond donors (Lipinski definition) is 0. The molecule has 0 aliphatic heterocycles. The van der Waals surface area contributed by atoms with Crippen LogP contribution in [0.3, 0.4) is 0 Å². The lowest BCUT2D eigenvalue weighted by molar-refractivity contribution is 1.28. The van der Waals surface area contributed by atoms with E-state index in [-0.39, 0.29) is 0 Å². The molecule has 0 bridgehead atoms. The van der Waals surface area contributed by atoms with Gasteiger partial charge in [-0.1, -0.05) is 179 Å². The average molecular weight is 693 g/mol. The Labute approximate surface area is 318 Å². The third-order valence-corrected chi connectivity index (χ3v) is 7.99. The molecule has 0 fully saturated rings. The van der Waals surface area contributed by atoms with Gasteiger partial charge in [-0.25, -0.2) is 0 Å². The van der Waals surface area contributed by atoms with E-state index in [1.807, 2.05) is 65.0 Å². The van der Waals surface area contributed by atoms with Crippen molar-refractivity contribution in [3.63, 3.8) is 0 Å². The third-order valence-electron chi connectivity index (χ3n) is 7.99. The van der Waals surface area contributed by atoms with Crippen molar-refractivity contribution in [3.05, 3.63) is 223 Å². The maximum absolute atomic E-state index is 2.27. The zero-order valence-corrected chi connectivity index (χ0v) is 31.8. The molecule has 0 atom stereocenters. The van der Waals surface area contributed by atoms with Crippen molar-refractivity contribution in [2.24, 2.45) is 0 Å². The third kappa shape index (κ3) is 11.8. The monoisotopic (exact) mass is 692 g/mol. The van der Waals surface area contributed by atoms with Crippen molar-refractivity contribution in [1.82, 2.24) is 0 Å². The van der Waals surface area contributed by atoms with E-state index in [9.17, 15) is 0 Å². The first kappa shape index (κ1) is 39.4. The highest BCUT2D eigenvalue weighted by atomic mass is 15.1. The Morgan fingerprint density at radius 3 is 0.774 bits per heavy atom. The van der Waals surface area contributed by atoms with Crippen LogP contribution in [0.25, 0.3) is 18.2 Å². The summed E-state index contributed by atoms with van der Waals surface area (Å²) in [5.74, 6) is 0. The molecule has 0 spiro atoms. The fraction of sp³-hybridized carbons (Fsp3) is 0.0980. The van der Waals surface area contributed by atoms with Crippen LogP contribution in [-0.4, -0.2) is 0 Å². The summed E-state index contributed by atoms with van der Waals surface area (Å²) < 4.78 is 0. The molecule has 0 aliphatic carbocycles. The van der Waals surface area contributed by atoms with Crippen molar-refractivity contribution < 1.29 is 0 Å². The fourth-order valence-corrected chi connectivity index (χ4v) is 5.62. The molecule has 0 amide bonds. The van der Waals surface area contributed by atoms with Gasteiger partial charge in [0.15, 0.2) is 0 Å². The van der Waals surface area contributed by atoms with Gasteiger partial charge in [0.2, 0.25) is 0 Å². The lowest BCUT2D eigenvalue weighted by atomic mass is 10.1. The normalized spacial score (nSPS) is 10.2. The predicted octanol–water partition coefficient (Wildman–Crippen LogP) is 15.6. The van der Waals surface area contributed by atoms with E-state index >= 15 is 0 Å². The van der Waals surface area contributed by atoms with Crippen molar-refractivity contribution in [1.29, 1.82) is 0 Å². The van der Waals surface area contributed by atoms with Gasteiger partial charge >= 0.3 is 0 Å². The van der Waals surface area contributed by atoms with Gasteiger partial charge in [0.05, 0.1) is 0 Å². The first-order valence-corrected chi connectivity index (χ1v) is 18.6. The Balaban J connectivity index is 0.000000220. The number of para-hydroxylation sites is 4. The molecular weight excluding hydrogens is 641 g/mol. The van der Waals surface area contributed by atoms with Gasteiger partial charge in [-0.2, -0.15) is 0 Å². The van der Waals surface area contributed by atoms with Crippen molar-refractivity contribution in [2.75, 3.05) is 9.80 Å².